The second-order valence-electron chi connectivity index (χ2n) is 17.5. The molecule has 0 bridgehead atoms. The van der Waals surface area contributed by atoms with Crippen molar-refractivity contribution in [2.75, 3.05) is 19.6 Å². The van der Waals surface area contributed by atoms with Crippen LogP contribution in [0.5, 0.6) is 0 Å². The van der Waals surface area contributed by atoms with Gasteiger partial charge in [0, 0.05) is 5.56 Å². The Morgan fingerprint density at radius 3 is 0.926 bits per heavy atom. The van der Waals surface area contributed by atoms with Crippen LogP contribution in [0.3, 0.4) is 0 Å². The summed E-state index contributed by atoms with van der Waals surface area (Å²) in [7, 11) is -4.21. The van der Waals surface area contributed by atoms with Crippen LogP contribution in [-0.4, -0.2) is 37.1 Å². The largest absolute Gasteiger partial charge is 0.320 e. The van der Waals surface area contributed by atoms with E-state index in [1.54, 1.807) is 6.07 Å². The maximum atomic E-state index is 12.1. The Bertz CT molecular complexity index is 972. The standard InChI is InChI=1S/C49H93NO3S/c1-4-7-10-13-16-19-22-25-28-31-34-37-43-50(47-48-41-40-42-49(46-48)54(51,52)53,44-38-35-32-29-26-23-20-17-14-11-8-5-2)45-39-36-33-30-27-24-21-18-15-12-9-6-3/h40-42,46H,4-39,43-45,47H2,1-3H3/p+1. The first-order valence-electron chi connectivity index (χ1n) is 24.3. The van der Waals surface area contributed by atoms with E-state index >= 15 is 0 Å². The van der Waals surface area contributed by atoms with Gasteiger partial charge in [-0.25, -0.2) is 0 Å². The zero-order valence-electron chi connectivity index (χ0n) is 36.7. The van der Waals surface area contributed by atoms with Crippen molar-refractivity contribution in [3.05, 3.63) is 29.8 Å². The molecule has 0 unspecified atom stereocenters. The van der Waals surface area contributed by atoms with Crippen molar-refractivity contribution in [2.45, 2.75) is 263 Å². The molecule has 1 N–H and O–H groups in total. The van der Waals surface area contributed by atoms with Crippen LogP contribution in [-0.2, 0) is 16.7 Å². The molecule has 4 nitrogen and oxygen atoms in total. The molecule has 1 aromatic carbocycles. The highest BCUT2D eigenvalue weighted by Crippen LogP contribution is 2.24. The molecule has 0 saturated carbocycles. The summed E-state index contributed by atoms with van der Waals surface area (Å²) in [5.74, 6) is 0. The van der Waals surface area contributed by atoms with E-state index in [0.717, 1.165) is 16.6 Å². The van der Waals surface area contributed by atoms with Gasteiger partial charge in [-0.05, 0) is 50.7 Å². The van der Waals surface area contributed by atoms with E-state index in [2.05, 4.69) is 26.8 Å². The summed E-state index contributed by atoms with van der Waals surface area (Å²) >= 11 is 0. The summed E-state index contributed by atoms with van der Waals surface area (Å²) in [5.41, 5.74) is 1.06. The maximum absolute atomic E-state index is 12.1. The minimum absolute atomic E-state index is 0.0409. The van der Waals surface area contributed by atoms with Crippen molar-refractivity contribution >= 4 is 10.1 Å². The molecule has 5 heteroatoms. The van der Waals surface area contributed by atoms with Crippen molar-refractivity contribution < 1.29 is 17.5 Å². The van der Waals surface area contributed by atoms with Gasteiger partial charge in [-0.2, -0.15) is 8.42 Å². The highest BCUT2D eigenvalue weighted by atomic mass is 32.2. The molecule has 54 heavy (non-hydrogen) atoms. The van der Waals surface area contributed by atoms with Crippen molar-refractivity contribution in [1.82, 2.24) is 0 Å². The Kier molecular flexibility index (Phi) is 34.5. The molecule has 0 aromatic heterocycles. The predicted molar refractivity (Wildman–Crippen MR) is 238 cm³/mol. The van der Waals surface area contributed by atoms with Gasteiger partial charge in [0.05, 0.1) is 24.5 Å². The smallest absolute Gasteiger partial charge is 0.294 e. The van der Waals surface area contributed by atoms with Crippen molar-refractivity contribution in [3.63, 3.8) is 0 Å². The van der Waals surface area contributed by atoms with Gasteiger partial charge >= 0.3 is 0 Å². The molecule has 0 aliphatic carbocycles. The van der Waals surface area contributed by atoms with E-state index in [0.29, 0.717) is 0 Å². The van der Waals surface area contributed by atoms with Gasteiger partial charge in [-0.15, -0.1) is 0 Å². The first kappa shape index (κ1) is 51.1. The third-order valence-corrected chi connectivity index (χ3v) is 13.0. The van der Waals surface area contributed by atoms with E-state index in [1.807, 2.05) is 6.07 Å². The van der Waals surface area contributed by atoms with E-state index in [-0.39, 0.29) is 4.90 Å². The average Bonchev–Trinajstić information content (AvgIpc) is 3.16. The zero-order chi connectivity index (χ0) is 39.3. The highest BCUT2D eigenvalue weighted by molar-refractivity contribution is 7.85. The number of unbranched alkanes of at least 4 members (excludes halogenated alkanes) is 33. The van der Waals surface area contributed by atoms with Gasteiger partial charge in [0.1, 0.15) is 6.54 Å². The molecule has 0 fully saturated rings. The lowest BCUT2D eigenvalue weighted by Gasteiger charge is -2.39. The van der Waals surface area contributed by atoms with Crippen molar-refractivity contribution in [2.24, 2.45) is 0 Å². The van der Waals surface area contributed by atoms with E-state index in [9.17, 15) is 13.0 Å². The molecule has 0 atom stereocenters. The number of nitrogens with zero attached hydrogens (tertiary/aromatic N) is 1. The van der Waals surface area contributed by atoms with Crippen LogP contribution in [0.2, 0.25) is 0 Å². The average molecular weight is 777 g/mol. The molecule has 1 rings (SSSR count). The van der Waals surface area contributed by atoms with Crippen LogP contribution < -0.4 is 0 Å². The first-order chi connectivity index (χ1) is 26.4. The fourth-order valence-corrected chi connectivity index (χ4v) is 9.18. The fraction of sp³-hybridized carbons (Fsp3) is 0.878. The van der Waals surface area contributed by atoms with Gasteiger partial charge in [-0.1, -0.05) is 226 Å². The molecule has 0 spiro atoms. The van der Waals surface area contributed by atoms with Crippen molar-refractivity contribution in [1.29, 1.82) is 0 Å². The van der Waals surface area contributed by atoms with Crippen LogP contribution in [0, 0.1) is 0 Å². The van der Waals surface area contributed by atoms with E-state index < -0.39 is 10.1 Å². The number of hydrogen-bond acceptors (Lipinski definition) is 2. The molecule has 0 radical (unpaired) electrons. The van der Waals surface area contributed by atoms with Gasteiger partial charge in [0.2, 0.25) is 0 Å². The summed E-state index contributed by atoms with van der Waals surface area (Å²) in [6, 6.07) is 7.20. The second-order valence-corrected chi connectivity index (χ2v) is 18.9. The summed E-state index contributed by atoms with van der Waals surface area (Å²) in [6.45, 7) is 11.3. The fourth-order valence-electron chi connectivity index (χ4n) is 8.63. The van der Waals surface area contributed by atoms with Gasteiger partial charge in [-0.3, -0.25) is 4.55 Å². The monoisotopic (exact) mass is 777 g/mol. The molecular formula is C49H94NO3S+. The minimum Gasteiger partial charge on any atom is -0.320 e. The van der Waals surface area contributed by atoms with Gasteiger partial charge < -0.3 is 4.48 Å². The Labute approximate surface area is 339 Å². The second kappa shape index (κ2) is 36.4. The predicted octanol–water partition coefficient (Wildman–Crippen LogP) is 16.4. The molecule has 0 saturated heterocycles. The highest BCUT2D eigenvalue weighted by Gasteiger charge is 2.27. The number of rotatable bonds is 42. The SMILES string of the molecule is CCCCCCCCCCCCCC[N+](CCCCCCCCCCCCCC)(CCCCCCCCCCCCCC)Cc1cccc(S(=O)(=O)O)c1. The van der Waals surface area contributed by atoms with E-state index in [1.165, 1.54) is 257 Å². The van der Waals surface area contributed by atoms with Crippen molar-refractivity contribution in [3.8, 4) is 0 Å². The summed E-state index contributed by atoms with van der Waals surface area (Å²) in [6.07, 6.45) is 49.2. The topological polar surface area (TPSA) is 54.4 Å². The molecule has 0 aliphatic rings. The maximum Gasteiger partial charge on any atom is 0.294 e. The van der Waals surface area contributed by atoms with Gasteiger partial charge in [0.15, 0.2) is 0 Å². The number of hydrogen-bond donors (Lipinski definition) is 1. The van der Waals surface area contributed by atoms with Gasteiger partial charge in [0.25, 0.3) is 10.1 Å². The molecule has 318 valence electrons. The third kappa shape index (κ3) is 30.3. The summed E-state index contributed by atoms with van der Waals surface area (Å²) in [4.78, 5) is 0.0409. The lowest BCUT2D eigenvalue weighted by atomic mass is 10.0. The quantitative estimate of drug-likeness (QED) is 0.0409. The first-order valence-corrected chi connectivity index (χ1v) is 25.7. The molecule has 0 amide bonds. The molecule has 0 aliphatic heterocycles. The Morgan fingerprint density at radius 1 is 0.407 bits per heavy atom. The van der Waals surface area contributed by atoms with Crippen LogP contribution in [0.15, 0.2) is 29.2 Å². The molecular weight excluding hydrogens is 683 g/mol. The molecule has 1 aromatic rings. The van der Waals surface area contributed by atoms with Crippen LogP contribution in [0.1, 0.15) is 257 Å². The summed E-state index contributed by atoms with van der Waals surface area (Å²) in [5, 5.41) is 0. The minimum atomic E-state index is -4.21. The Morgan fingerprint density at radius 2 is 0.667 bits per heavy atom. The Balaban J connectivity index is 2.75. The summed E-state index contributed by atoms with van der Waals surface area (Å²) < 4.78 is 35.1. The normalized spacial score (nSPS) is 12.2. The van der Waals surface area contributed by atoms with E-state index in [4.69, 9.17) is 0 Å². The van der Waals surface area contributed by atoms with Crippen LogP contribution in [0.4, 0.5) is 0 Å². The number of quaternary nitrogens is 1. The lowest BCUT2D eigenvalue weighted by Crippen LogP contribution is -2.49. The Hall–Kier alpha value is -0.910. The van der Waals surface area contributed by atoms with Crippen LogP contribution in [0.25, 0.3) is 0 Å². The molecule has 0 heterocycles. The van der Waals surface area contributed by atoms with Crippen LogP contribution >= 0.6 is 0 Å². The zero-order valence-corrected chi connectivity index (χ0v) is 37.5. The third-order valence-electron chi connectivity index (χ3n) is 12.2. The number of benzene rings is 1. The lowest BCUT2D eigenvalue weighted by molar-refractivity contribution is -0.941.